The molecule has 1 amide bonds. The molecule has 1 aromatic heterocycles. The van der Waals surface area contributed by atoms with Crippen molar-refractivity contribution in [3.8, 4) is 11.1 Å². The van der Waals surface area contributed by atoms with E-state index < -0.39 is 0 Å². The Kier molecular flexibility index (Phi) is 4.90. The molecule has 1 aromatic carbocycles. The molecule has 0 aliphatic rings. The van der Waals surface area contributed by atoms with Crippen LogP contribution >= 0.6 is 0 Å². The number of carbonyl (C=O) groups is 1. The van der Waals surface area contributed by atoms with E-state index in [1.807, 2.05) is 37.6 Å². The largest absolute Gasteiger partial charge is 0.384 e. The van der Waals surface area contributed by atoms with Crippen LogP contribution in [0.5, 0.6) is 0 Å². The minimum absolute atomic E-state index is 0.00127. The molecule has 0 saturated carbocycles. The van der Waals surface area contributed by atoms with Gasteiger partial charge in [0, 0.05) is 38.9 Å². The topological polar surface area (TPSA) is 56.1 Å². The lowest BCUT2D eigenvalue weighted by Crippen LogP contribution is -2.23. The molecule has 106 valence electrons. The summed E-state index contributed by atoms with van der Waals surface area (Å²) in [5.74, 6) is -0.00127. The Bertz CT molecular complexity index is 578. The second kappa shape index (κ2) is 6.86. The van der Waals surface area contributed by atoms with Gasteiger partial charge < -0.3 is 10.1 Å². The molecule has 0 atom stereocenters. The molecule has 20 heavy (non-hydrogen) atoms. The van der Waals surface area contributed by atoms with Crippen LogP contribution in [0.2, 0.25) is 0 Å². The highest BCUT2D eigenvalue weighted by Crippen LogP contribution is 2.19. The third-order valence-corrected chi connectivity index (χ3v) is 2.99. The molecule has 1 N–H and O–H groups in total. The minimum Gasteiger partial charge on any atom is -0.384 e. The predicted octanol–water partition coefficient (Wildman–Crippen LogP) is 1.74. The first-order valence-electron chi connectivity index (χ1n) is 6.52. The van der Waals surface area contributed by atoms with Gasteiger partial charge in [-0.15, -0.1) is 0 Å². The van der Waals surface area contributed by atoms with Gasteiger partial charge in [0.2, 0.25) is 5.91 Å². The highest BCUT2D eigenvalue weighted by molar-refractivity contribution is 5.76. The molecular weight excluding hydrogens is 254 g/mol. The van der Waals surface area contributed by atoms with Crippen molar-refractivity contribution >= 4 is 5.91 Å². The van der Waals surface area contributed by atoms with Gasteiger partial charge in [0.25, 0.3) is 0 Å². The monoisotopic (exact) mass is 273 g/mol. The number of ether oxygens (including phenoxy) is 1. The lowest BCUT2D eigenvalue weighted by Gasteiger charge is -2.06. The van der Waals surface area contributed by atoms with Crippen molar-refractivity contribution in [1.82, 2.24) is 15.1 Å². The molecule has 5 heteroatoms. The molecule has 0 aliphatic carbocycles. The Labute approximate surface area is 118 Å². The maximum Gasteiger partial charge on any atom is 0.222 e. The lowest BCUT2D eigenvalue weighted by molar-refractivity contribution is -0.122. The first kappa shape index (κ1) is 14.3. The molecule has 0 radical (unpaired) electrons. The van der Waals surface area contributed by atoms with Crippen LogP contribution in [-0.2, 0) is 23.1 Å². The van der Waals surface area contributed by atoms with Crippen molar-refractivity contribution in [3.05, 3.63) is 42.2 Å². The normalized spacial score (nSPS) is 10.5. The summed E-state index contributed by atoms with van der Waals surface area (Å²) in [6.45, 7) is 0.970. The molecule has 2 rings (SSSR count). The first-order valence-corrected chi connectivity index (χ1v) is 6.52. The Morgan fingerprint density at radius 3 is 2.95 bits per heavy atom. The molecule has 0 fully saturated rings. The van der Waals surface area contributed by atoms with E-state index in [0.29, 0.717) is 19.6 Å². The van der Waals surface area contributed by atoms with Crippen LogP contribution in [0.3, 0.4) is 0 Å². The molecule has 0 bridgehead atoms. The van der Waals surface area contributed by atoms with Gasteiger partial charge in [-0.1, -0.05) is 18.2 Å². The molecule has 0 aliphatic heterocycles. The van der Waals surface area contributed by atoms with Crippen molar-refractivity contribution < 1.29 is 9.53 Å². The maximum atomic E-state index is 11.5. The van der Waals surface area contributed by atoms with E-state index in [1.165, 1.54) is 0 Å². The maximum absolute atomic E-state index is 11.5. The van der Waals surface area contributed by atoms with E-state index >= 15 is 0 Å². The summed E-state index contributed by atoms with van der Waals surface area (Å²) in [6, 6.07) is 8.08. The molecule has 0 spiro atoms. The van der Waals surface area contributed by atoms with Crippen LogP contribution in [0, 0.1) is 0 Å². The summed E-state index contributed by atoms with van der Waals surface area (Å²) in [6.07, 6.45) is 4.19. The average Bonchev–Trinajstić information content (AvgIpc) is 2.90. The number of nitrogens with one attached hydrogen (secondary N) is 1. The second-order valence-electron chi connectivity index (χ2n) is 4.62. The smallest absolute Gasteiger partial charge is 0.222 e. The van der Waals surface area contributed by atoms with Gasteiger partial charge in [-0.3, -0.25) is 9.48 Å². The van der Waals surface area contributed by atoms with Crippen LogP contribution in [0.4, 0.5) is 0 Å². The summed E-state index contributed by atoms with van der Waals surface area (Å²) in [7, 11) is 3.48. The standard InChI is InChI=1S/C15H19N3O2/c1-18-11-14(10-17-18)13-5-3-4-12(8-13)9-16-15(19)6-7-20-2/h3-5,8,10-11H,6-7,9H2,1-2H3,(H,16,19). The minimum atomic E-state index is -0.00127. The van der Waals surface area contributed by atoms with Crippen LogP contribution in [0.15, 0.2) is 36.7 Å². The van der Waals surface area contributed by atoms with Crippen molar-refractivity contribution in [1.29, 1.82) is 0 Å². The summed E-state index contributed by atoms with van der Waals surface area (Å²) >= 11 is 0. The van der Waals surface area contributed by atoms with Gasteiger partial charge in [-0.2, -0.15) is 5.10 Å². The fraction of sp³-hybridized carbons (Fsp3) is 0.333. The van der Waals surface area contributed by atoms with Crippen LogP contribution in [0.1, 0.15) is 12.0 Å². The summed E-state index contributed by atoms with van der Waals surface area (Å²) in [4.78, 5) is 11.5. The Hall–Kier alpha value is -2.14. The molecule has 1 heterocycles. The zero-order chi connectivity index (χ0) is 14.4. The van der Waals surface area contributed by atoms with Crippen molar-refractivity contribution in [2.24, 2.45) is 7.05 Å². The van der Waals surface area contributed by atoms with Crippen LogP contribution < -0.4 is 5.32 Å². The first-order chi connectivity index (χ1) is 9.69. The van der Waals surface area contributed by atoms with Gasteiger partial charge in [-0.05, 0) is 17.2 Å². The Morgan fingerprint density at radius 2 is 2.25 bits per heavy atom. The number of amides is 1. The zero-order valence-electron chi connectivity index (χ0n) is 11.8. The average molecular weight is 273 g/mol. The van der Waals surface area contributed by atoms with Crippen molar-refractivity contribution in [2.75, 3.05) is 13.7 Å². The fourth-order valence-corrected chi connectivity index (χ4v) is 1.91. The van der Waals surface area contributed by atoms with Crippen LogP contribution in [-0.4, -0.2) is 29.4 Å². The van der Waals surface area contributed by atoms with E-state index in [-0.39, 0.29) is 5.91 Å². The fourth-order valence-electron chi connectivity index (χ4n) is 1.91. The van der Waals surface area contributed by atoms with Gasteiger partial charge >= 0.3 is 0 Å². The van der Waals surface area contributed by atoms with E-state index in [1.54, 1.807) is 11.8 Å². The zero-order valence-corrected chi connectivity index (χ0v) is 11.8. The Morgan fingerprint density at radius 1 is 1.40 bits per heavy atom. The SMILES string of the molecule is COCCC(=O)NCc1cccc(-c2cnn(C)c2)c1. The number of methoxy groups -OCH3 is 1. The van der Waals surface area contributed by atoms with Gasteiger partial charge in [0.05, 0.1) is 12.8 Å². The van der Waals surface area contributed by atoms with E-state index in [9.17, 15) is 4.79 Å². The predicted molar refractivity (Wildman–Crippen MR) is 77.0 cm³/mol. The molecular formula is C15H19N3O2. The summed E-state index contributed by atoms with van der Waals surface area (Å²) < 4.78 is 6.65. The number of carbonyl (C=O) groups excluding carboxylic acids is 1. The van der Waals surface area contributed by atoms with E-state index in [0.717, 1.165) is 16.7 Å². The number of hydrogen-bond acceptors (Lipinski definition) is 3. The highest BCUT2D eigenvalue weighted by Gasteiger charge is 2.04. The number of aryl methyl sites for hydroxylation is 1. The number of hydrogen-bond donors (Lipinski definition) is 1. The van der Waals surface area contributed by atoms with E-state index in [2.05, 4.69) is 16.5 Å². The Balaban J connectivity index is 1.98. The summed E-state index contributed by atoms with van der Waals surface area (Å²) in [5, 5.41) is 7.04. The van der Waals surface area contributed by atoms with E-state index in [4.69, 9.17) is 4.74 Å². The van der Waals surface area contributed by atoms with Crippen molar-refractivity contribution in [2.45, 2.75) is 13.0 Å². The van der Waals surface area contributed by atoms with Gasteiger partial charge in [0.1, 0.15) is 0 Å². The number of benzene rings is 1. The number of nitrogens with zero attached hydrogens (tertiary/aromatic N) is 2. The molecule has 0 unspecified atom stereocenters. The second-order valence-corrected chi connectivity index (χ2v) is 4.62. The molecule has 5 nitrogen and oxygen atoms in total. The van der Waals surface area contributed by atoms with Crippen molar-refractivity contribution in [3.63, 3.8) is 0 Å². The van der Waals surface area contributed by atoms with Gasteiger partial charge in [-0.25, -0.2) is 0 Å². The summed E-state index contributed by atoms with van der Waals surface area (Å²) in [5.41, 5.74) is 3.24. The number of aromatic nitrogens is 2. The molecule has 0 saturated heterocycles. The number of rotatable bonds is 6. The van der Waals surface area contributed by atoms with Crippen LogP contribution in [0.25, 0.3) is 11.1 Å². The lowest BCUT2D eigenvalue weighted by atomic mass is 10.1. The third kappa shape index (κ3) is 3.93. The quantitative estimate of drug-likeness (QED) is 0.872. The molecule has 2 aromatic rings. The van der Waals surface area contributed by atoms with Gasteiger partial charge in [0.15, 0.2) is 0 Å². The highest BCUT2D eigenvalue weighted by atomic mass is 16.5. The third-order valence-electron chi connectivity index (χ3n) is 2.99.